The molecule has 2 aromatic rings. The molecule has 0 atom stereocenters. The lowest BCUT2D eigenvalue weighted by Gasteiger charge is -1.90. The minimum atomic E-state index is -0.595. The number of thiophene rings is 1. The molecule has 0 unspecified atom stereocenters. The fourth-order valence-corrected chi connectivity index (χ4v) is 2.41. The number of hydrogen-bond donors (Lipinski definition) is 1. The first-order valence-electron chi connectivity index (χ1n) is 3.65. The van der Waals surface area contributed by atoms with Gasteiger partial charge in [0, 0.05) is 9.72 Å². The van der Waals surface area contributed by atoms with Crippen LogP contribution in [-0.4, -0.2) is 10.0 Å². The molecule has 0 radical (unpaired) electrons. The maximum absolute atomic E-state index is 10.6. The zero-order valence-corrected chi connectivity index (χ0v) is 8.30. The average Bonchev–Trinajstić information content (AvgIpc) is 2.39. The lowest BCUT2D eigenvalue weighted by atomic mass is 10.2. The summed E-state index contributed by atoms with van der Waals surface area (Å²) in [5, 5.41) is 20.6. The maximum atomic E-state index is 10.6. The zero-order valence-electron chi connectivity index (χ0n) is 6.73. The Kier molecular flexibility index (Phi) is 2.05. The Morgan fingerprint density at radius 1 is 1.50 bits per heavy atom. The SMILES string of the molecule is O=[N+]([O-])c1c(O)sc2cc(Cl)ccc12. The van der Waals surface area contributed by atoms with Gasteiger partial charge in [-0.3, -0.25) is 10.1 Å². The first kappa shape index (κ1) is 9.23. The molecule has 0 amide bonds. The lowest BCUT2D eigenvalue weighted by Crippen LogP contribution is -1.85. The number of aromatic hydroxyl groups is 1. The van der Waals surface area contributed by atoms with Crippen LogP contribution in [0, 0.1) is 10.1 Å². The monoisotopic (exact) mass is 229 g/mol. The maximum Gasteiger partial charge on any atom is 0.330 e. The molecule has 0 bridgehead atoms. The summed E-state index contributed by atoms with van der Waals surface area (Å²) in [4.78, 5) is 10.0. The lowest BCUT2D eigenvalue weighted by molar-refractivity contribution is -0.383. The molecule has 14 heavy (non-hydrogen) atoms. The molecule has 2 rings (SSSR count). The second kappa shape index (κ2) is 3.11. The van der Waals surface area contributed by atoms with Gasteiger partial charge in [0.1, 0.15) is 0 Å². The van der Waals surface area contributed by atoms with Crippen LogP contribution in [0.25, 0.3) is 10.1 Å². The average molecular weight is 230 g/mol. The van der Waals surface area contributed by atoms with Crippen LogP contribution in [0.1, 0.15) is 0 Å². The van der Waals surface area contributed by atoms with Crippen LogP contribution in [-0.2, 0) is 0 Å². The van der Waals surface area contributed by atoms with Gasteiger partial charge < -0.3 is 5.11 Å². The van der Waals surface area contributed by atoms with E-state index in [-0.39, 0.29) is 10.8 Å². The molecule has 0 aliphatic carbocycles. The molecule has 4 nitrogen and oxygen atoms in total. The normalized spacial score (nSPS) is 10.6. The van der Waals surface area contributed by atoms with Gasteiger partial charge in [-0.2, -0.15) is 0 Å². The van der Waals surface area contributed by atoms with Crippen LogP contribution in [0.15, 0.2) is 18.2 Å². The summed E-state index contributed by atoms with van der Waals surface area (Å²) in [7, 11) is 0. The Balaban J connectivity index is 2.84. The van der Waals surface area contributed by atoms with E-state index in [4.69, 9.17) is 11.6 Å². The topological polar surface area (TPSA) is 63.4 Å². The summed E-state index contributed by atoms with van der Waals surface area (Å²) < 4.78 is 0.613. The van der Waals surface area contributed by atoms with Crippen molar-refractivity contribution in [3.8, 4) is 5.06 Å². The van der Waals surface area contributed by atoms with E-state index in [1.165, 1.54) is 6.07 Å². The molecular weight excluding hydrogens is 226 g/mol. The van der Waals surface area contributed by atoms with Gasteiger partial charge in [-0.25, -0.2) is 0 Å². The summed E-state index contributed by atoms with van der Waals surface area (Å²) in [6, 6.07) is 4.68. The number of hydrogen-bond acceptors (Lipinski definition) is 4. The van der Waals surface area contributed by atoms with Crippen LogP contribution in [0.4, 0.5) is 5.69 Å². The number of halogens is 1. The third-order valence-corrected chi connectivity index (χ3v) is 2.97. The zero-order chi connectivity index (χ0) is 10.3. The van der Waals surface area contributed by atoms with Crippen molar-refractivity contribution >= 4 is 38.7 Å². The van der Waals surface area contributed by atoms with E-state index in [2.05, 4.69) is 0 Å². The number of nitrogens with zero attached hydrogens (tertiary/aromatic N) is 1. The molecule has 0 aliphatic rings. The van der Waals surface area contributed by atoms with E-state index in [9.17, 15) is 15.2 Å². The molecule has 1 aromatic heterocycles. The Morgan fingerprint density at radius 3 is 2.86 bits per heavy atom. The van der Waals surface area contributed by atoms with E-state index < -0.39 is 4.92 Å². The standard InChI is InChI=1S/C8H4ClNO3S/c9-4-1-2-5-6(3-4)14-8(11)7(5)10(12)13/h1-3,11H. The number of benzene rings is 1. The van der Waals surface area contributed by atoms with Gasteiger partial charge in [0.15, 0.2) is 0 Å². The first-order valence-corrected chi connectivity index (χ1v) is 4.84. The Bertz CT molecular complexity index is 523. The van der Waals surface area contributed by atoms with Crippen molar-refractivity contribution < 1.29 is 10.0 Å². The molecule has 0 saturated carbocycles. The molecule has 0 fully saturated rings. The van der Waals surface area contributed by atoms with Gasteiger partial charge in [0.25, 0.3) is 5.06 Å². The van der Waals surface area contributed by atoms with Gasteiger partial charge >= 0.3 is 5.69 Å². The van der Waals surface area contributed by atoms with Crippen molar-refractivity contribution in [2.75, 3.05) is 0 Å². The smallest absolute Gasteiger partial charge is 0.330 e. The molecule has 0 aliphatic heterocycles. The molecule has 1 aromatic carbocycles. The van der Waals surface area contributed by atoms with E-state index in [0.717, 1.165) is 11.3 Å². The second-order valence-corrected chi connectivity index (χ2v) is 4.12. The Labute approximate surface area is 87.5 Å². The summed E-state index contributed by atoms with van der Waals surface area (Å²) in [5.74, 6) is 0. The van der Waals surface area contributed by atoms with Gasteiger partial charge in [-0.15, -0.1) is 0 Å². The predicted octanol–water partition coefficient (Wildman–Crippen LogP) is 3.17. The highest BCUT2D eigenvalue weighted by Crippen LogP contribution is 2.43. The molecule has 0 spiro atoms. The number of fused-ring (bicyclic) bond motifs is 1. The first-order chi connectivity index (χ1) is 6.59. The molecule has 6 heteroatoms. The molecule has 72 valence electrons. The van der Waals surface area contributed by atoms with Crippen LogP contribution >= 0.6 is 22.9 Å². The Hall–Kier alpha value is -1.33. The fraction of sp³-hybridized carbons (Fsp3) is 0. The van der Waals surface area contributed by atoms with Crippen molar-refractivity contribution in [2.45, 2.75) is 0 Å². The van der Waals surface area contributed by atoms with Crippen molar-refractivity contribution in [2.24, 2.45) is 0 Å². The van der Waals surface area contributed by atoms with Gasteiger partial charge in [-0.05, 0) is 18.2 Å². The fourth-order valence-electron chi connectivity index (χ4n) is 1.22. The summed E-state index contributed by atoms with van der Waals surface area (Å²) in [6.07, 6.45) is 0. The Morgan fingerprint density at radius 2 is 2.21 bits per heavy atom. The quantitative estimate of drug-likeness (QED) is 0.603. The molecular formula is C8H4ClNO3S. The summed E-state index contributed by atoms with van der Waals surface area (Å²) in [5.41, 5.74) is -0.248. The van der Waals surface area contributed by atoms with E-state index in [0.29, 0.717) is 15.1 Å². The third-order valence-electron chi connectivity index (χ3n) is 1.79. The van der Waals surface area contributed by atoms with Gasteiger partial charge in [0.2, 0.25) is 0 Å². The van der Waals surface area contributed by atoms with Crippen molar-refractivity contribution in [3.05, 3.63) is 33.3 Å². The summed E-state index contributed by atoms with van der Waals surface area (Å²) >= 11 is 6.67. The van der Waals surface area contributed by atoms with Crippen molar-refractivity contribution in [1.82, 2.24) is 0 Å². The molecule has 1 heterocycles. The third kappa shape index (κ3) is 1.30. The van der Waals surface area contributed by atoms with Crippen LogP contribution in [0.3, 0.4) is 0 Å². The van der Waals surface area contributed by atoms with Gasteiger partial charge in [0.05, 0.1) is 10.3 Å². The molecule has 1 N–H and O–H groups in total. The number of rotatable bonds is 1. The van der Waals surface area contributed by atoms with E-state index >= 15 is 0 Å². The van der Waals surface area contributed by atoms with E-state index in [1.54, 1.807) is 12.1 Å². The predicted molar refractivity (Wildman–Crippen MR) is 55.2 cm³/mol. The van der Waals surface area contributed by atoms with Crippen LogP contribution in [0.2, 0.25) is 5.02 Å². The summed E-state index contributed by atoms with van der Waals surface area (Å²) in [6.45, 7) is 0. The van der Waals surface area contributed by atoms with Crippen molar-refractivity contribution in [3.63, 3.8) is 0 Å². The second-order valence-electron chi connectivity index (χ2n) is 2.65. The van der Waals surface area contributed by atoms with Crippen LogP contribution in [0.5, 0.6) is 5.06 Å². The minimum Gasteiger partial charge on any atom is -0.495 e. The van der Waals surface area contributed by atoms with Crippen LogP contribution < -0.4 is 0 Å². The highest BCUT2D eigenvalue weighted by atomic mass is 35.5. The highest BCUT2D eigenvalue weighted by molar-refractivity contribution is 7.21. The highest BCUT2D eigenvalue weighted by Gasteiger charge is 2.21. The van der Waals surface area contributed by atoms with Gasteiger partial charge in [-0.1, -0.05) is 22.9 Å². The largest absolute Gasteiger partial charge is 0.495 e. The van der Waals surface area contributed by atoms with Crippen molar-refractivity contribution in [1.29, 1.82) is 0 Å². The number of nitro groups is 1. The van der Waals surface area contributed by atoms with E-state index in [1.807, 2.05) is 0 Å². The minimum absolute atomic E-state index is 0.248. The molecule has 0 saturated heterocycles.